The highest BCUT2D eigenvalue weighted by Crippen LogP contribution is 2.24. The van der Waals surface area contributed by atoms with Gasteiger partial charge in [-0.25, -0.2) is 9.55 Å². The molecule has 5 aromatic rings. The van der Waals surface area contributed by atoms with Crippen LogP contribution in [0.4, 0.5) is 5.69 Å². The fraction of sp³-hybridized carbons (Fsp3) is 0.0455. The Morgan fingerprint density at radius 2 is 1.86 bits per heavy atom. The Labute approximate surface area is 160 Å². The fourth-order valence-corrected chi connectivity index (χ4v) is 3.39. The molecule has 3 aromatic heterocycles. The van der Waals surface area contributed by atoms with Crippen molar-refractivity contribution in [3.05, 3.63) is 95.0 Å². The predicted octanol–water partition coefficient (Wildman–Crippen LogP) is 3.87. The number of imidazole rings is 1. The highest BCUT2D eigenvalue weighted by molar-refractivity contribution is 5.92. The van der Waals surface area contributed by atoms with Crippen LogP contribution >= 0.6 is 0 Å². The normalized spacial score (nSPS) is 11.1. The number of anilines is 1. The Morgan fingerprint density at radius 1 is 1.00 bits per heavy atom. The maximum Gasteiger partial charge on any atom is 0.260 e. The molecule has 136 valence electrons. The summed E-state index contributed by atoms with van der Waals surface area (Å²) in [6.45, 7) is 0.589. The van der Waals surface area contributed by atoms with E-state index in [1.807, 2.05) is 66.9 Å². The Morgan fingerprint density at radius 3 is 2.71 bits per heavy atom. The third kappa shape index (κ3) is 2.81. The van der Waals surface area contributed by atoms with Crippen molar-refractivity contribution in [2.45, 2.75) is 6.54 Å². The SMILES string of the molecule is O=c1cc(NCc2cccnc2)c2ccccc2n1-c1nc2ccccc2[nH]1. The van der Waals surface area contributed by atoms with Crippen LogP contribution < -0.4 is 10.9 Å². The zero-order valence-corrected chi connectivity index (χ0v) is 15.0. The van der Waals surface area contributed by atoms with Crippen LogP contribution in [0, 0.1) is 0 Å². The van der Waals surface area contributed by atoms with Crippen LogP contribution in [-0.2, 0) is 6.54 Å². The van der Waals surface area contributed by atoms with Gasteiger partial charge in [-0.3, -0.25) is 9.78 Å². The number of aromatic amines is 1. The first-order chi connectivity index (χ1) is 13.8. The van der Waals surface area contributed by atoms with Crippen LogP contribution in [0.3, 0.4) is 0 Å². The first-order valence-corrected chi connectivity index (χ1v) is 9.02. The van der Waals surface area contributed by atoms with Gasteiger partial charge in [-0.15, -0.1) is 0 Å². The van der Waals surface area contributed by atoms with Gasteiger partial charge in [0.15, 0.2) is 0 Å². The van der Waals surface area contributed by atoms with Crippen molar-refractivity contribution in [1.82, 2.24) is 19.5 Å². The van der Waals surface area contributed by atoms with Gasteiger partial charge in [0.1, 0.15) is 0 Å². The average Bonchev–Trinajstić information content (AvgIpc) is 3.16. The molecule has 3 heterocycles. The maximum absolute atomic E-state index is 13.0. The lowest BCUT2D eigenvalue weighted by Crippen LogP contribution is -2.20. The lowest BCUT2D eigenvalue weighted by Gasteiger charge is -2.13. The number of H-pyrrole nitrogens is 1. The van der Waals surface area contributed by atoms with Crippen LogP contribution in [0.2, 0.25) is 0 Å². The monoisotopic (exact) mass is 367 g/mol. The van der Waals surface area contributed by atoms with Crippen molar-refractivity contribution in [3.63, 3.8) is 0 Å². The van der Waals surface area contributed by atoms with Gasteiger partial charge in [0.2, 0.25) is 5.95 Å². The van der Waals surface area contributed by atoms with Gasteiger partial charge < -0.3 is 10.3 Å². The smallest absolute Gasteiger partial charge is 0.260 e. The third-order valence-electron chi connectivity index (χ3n) is 4.72. The molecule has 0 saturated carbocycles. The molecular weight excluding hydrogens is 350 g/mol. The molecule has 5 rings (SSSR count). The van der Waals surface area contributed by atoms with Gasteiger partial charge in [-0.1, -0.05) is 36.4 Å². The number of rotatable bonds is 4. The van der Waals surface area contributed by atoms with Crippen molar-refractivity contribution in [2.75, 3.05) is 5.32 Å². The van der Waals surface area contributed by atoms with E-state index in [0.29, 0.717) is 12.5 Å². The van der Waals surface area contributed by atoms with Crippen molar-refractivity contribution in [3.8, 4) is 5.95 Å². The van der Waals surface area contributed by atoms with Crippen molar-refractivity contribution < 1.29 is 0 Å². The maximum atomic E-state index is 13.0. The van der Waals surface area contributed by atoms with E-state index in [9.17, 15) is 4.79 Å². The molecule has 2 aromatic carbocycles. The van der Waals surface area contributed by atoms with Crippen LogP contribution in [0.15, 0.2) is 83.9 Å². The lowest BCUT2D eigenvalue weighted by atomic mass is 10.1. The van der Waals surface area contributed by atoms with E-state index >= 15 is 0 Å². The van der Waals surface area contributed by atoms with E-state index in [2.05, 4.69) is 20.3 Å². The van der Waals surface area contributed by atoms with E-state index in [1.165, 1.54) is 0 Å². The number of hydrogen-bond donors (Lipinski definition) is 2. The summed E-state index contributed by atoms with van der Waals surface area (Å²) in [4.78, 5) is 25.0. The second-order valence-electron chi connectivity index (χ2n) is 6.54. The number of para-hydroxylation sites is 3. The number of nitrogens with zero attached hydrogens (tertiary/aromatic N) is 3. The average molecular weight is 367 g/mol. The van der Waals surface area contributed by atoms with E-state index < -0.39 is 0 Å². The highest BCUT2D eigenvalue weighted by atomic mass is 16.1. The summed E-state index contributed by atoms with van der Waals surface area (Å²) in [5.41, 5.74) is 4.21. The number of aromatic nitrogens is 4. The Balaban J connectivity index is 1.63. The number of pyridine rings is 2. The first kappa shape index (κ1) is 16.3. The first-order valence-electron chi connectivity index (χ1n) is 9.02. The van der Waals surface area contributed by atoms with Crippen LogP contribution in [0.25, 0.3) is 27.9 Å². The third-order valence-corrected chi connectivity index (χ3v) is 4.72. The zero-order chi connectivity index (χ0) is 18.9. The summed E-state index contributed by atoms with van der Waals surface area (Å²) in [6, 6.07) is 21.1. The molecule has 28 heavy (non-hydrogen) atoms. The van der Waals surface area contributed by atoms with E-state index in [0.717, 1.165) is 33.2 Å². The van der Waals surface area contributed by atoms with E-state index in [-0.39, 0.29) is 5.56 Å². The van der Waals surface area contributed by atoms with Crippen LogP contribution in [0.1, 0.15) is 5.56 Å². The summed E-state index contributed by atoms with van der Waals surface area (Å²) in [5, 5.41) is 4.32. The molecular formula is C22H17N5O. The molecule has 0 aliphatic carbocycles. The fourth-order valence-electron chi connectivity index (χ4n) is 3.39. The molecule has 0 aliphatic rings. The van der Waals surface area contributed by atoms with Crippen LogP contribution in [0.5, 0.6) is 0 Å². The minimum atomic E-state index is -0.147. The molecule has 0 aliphatic heterocycles. The summed E-state index contributed by atoms with van der Waals surface area (Å²) in [6.07, 6.45) is 3.55. The number of benzene rings is 2. The molecule has 0 saturated heterocycles. The summed E-state index contributed by atoms with van der Waals surface area (Å²) >= 11 is 0. The van der Waals surface area contributed by atoms with Gasteiger partial charge in [-0.05, 0) is 29.8 Å². The van der Waals surface area contributed by atoms with Gasteiger partial charge in [0, 0.05) is 36.1 Å². The van der Waals surface area contributed by atoms with E-state index in [1.54, 1.807) is 16.8 Å². The minimum Gasteiger partial charge on any atom is -0.380 e. The summed E-state index contributed by atoms with van der Waals surface area (Å²) < 4.78 is 1.62. The van der Waals surface area contributed by atoms with Gasteiger partial charge in [0.25, 0.3) is 5.56 Å². The van der Waals surface area contributed by atoms with Crippen LogP contribution in [-0.4, -0.2) is 19.5 Å². The zero-order valence-electron chi connectivity index (χ0n) is 15.0. The van der Waals surface area contributed by atoms with Crippen molar-refractivity contribution >= 4 is 27.6 Å². The highest BCUT2D eigenvalue weighted by Gasteiger charge is 2.13. The second kappa shape index (κ2) is 6.66. The van der Waals surface area contributed by atoms with E-state index in [4.69, 9.17) is 0 Å². The van der Waals surface area contributed by atoms with Gasteiger partial charge >= 0.3 is 0 Å². The van der Waals surface area contributed by atoms with Crippen molar-refractivity contribution in [1.29, 1.82) is 0 Å². The number of hydrogen-bond acceptors (Lipinski definition) is 4. The Bertz CT molecular complexity index is 1300. The molecule has 0 unspecified atom stereocenters. The Hall–Kier alpha value is -3.93. The Kier molecular flexibility index (Phi) is 3.87. The number of nitrogens with one attached hydrogen (secondary N) is 2. The molecule has 0 spiro atoms. The largest absolute Gasteiger partial charge is 0.380 e. The second-order valence-corrected chi connectivity index (χ2v) is 6.54. The molecule has 6 heteroatoms. The predicted molar refractivity (Wildman–Crippen MR) is 111 cm³/mol. The van der Waals surface area contributed by atoms with Gasteiger partial charge in [-0.2, -0.15) is 0 Å². The molecule has 2 N–H and O–H groups in total. The van der Waals surface area contributed by atoms with Gasteiger partial charge in [0.05, 0.1) is 16.6 Å². The molecule has 0 radical (unpaired) electrons. The molecule has 0 atom stereocenters. The lowest BCUT2D eigenvalue weighted by molar-refractivity contribution is 0.958. The minimum absolute atomic E-state index is 0.147. The van der Waals surface area contributed by atoms with Crippen molar-refractivity contribution in [2.24, 2.45) is 0 Å². The topological polar surface area (TPSA) is 75.6 Å². The standard InChI is InChI=1S/C22H17N5O/c28-21-12-19(24-14-15-6-5-11-23-13-15)16-7-1-4-10-20(16)27(21)22-25-17-8-2-3-9-18(17)26-22/h1-13,24H,14H2,(H,25,26). The summed E-state index contributed by atoms with van der Waals surface area (Å²) in [7, 11) is 0. The molecule has 0 bridgehead atoms. The summed E-state index contributed by atoms with van der Waals surface area (Å²) in [5.74, 6) is 0.515. The molecule has 6 nitrogen and oxygen atoms in total. The number of fused-ring (bicyclic) bond motifs is 2. The molecule has 0 amide bonds. The molecule has 0 fully saturated rings. The quantitative estimate of drug-likeness (QED) is 0.506.